The van der Waals surface area contributed by atoms with Gasteiger partial charge in [0.05, 0.1) is 13.0 Å². The van der Waals surface area contributed by atoms with Crippen molar-refractivity contribution < 1.29 is 14.3 Å². The first-order chi connectivity index (χ1) is 8.52. The molecule has 18 heavy (non-hydrogen) atoms. The fourth-order valence-corrected chi connectivity index (χ4v) is 1.56. The first kappa shape index (κ1) is 14.0. The van der Waals surface area contributed by atoms with Crippen LogP contribution in [-0.4, -0.2) is 25.0 Å². The van der Waals surface area contributed by atoms with Crippen molar-refractivity contribution in [2.24, 2.45) is 0 Å². The van der Waals surface area contributed by atoms with E-state index >= 15 is 0 Å². The van der Waals surface area contributed by atoms with Gasteiger partial charge in [0, 0.05) is 17.8 Å². The summed E-state index contributed by atoms with van der Waals surface area (Å²) in [7, 11) is 0. The summed E-state index contributed by atoms with van der Waals surface area (Å²) in [4.78, 5) is 22.8. The molecule has 1 aromatic rings. The zero-order valence-corrected chi connectivity index (χ0v) is 10.7. The Bertz CT molecular complexity index is 424. The highest BCUT2D eigenvalue weighted by Crippen LogP contribution is 2.10. The van der Waals surface area contributed by atoms with Crippen molar-refractivity contribution >= 4 is 17.6 Å². The van der Waals surface area contributed by atoms with Crippen molar-refractivity contribution in [3.05, 3.63) is 29.3 Å². The fraction of sp³-hybridized carbons (Fsp3) is 0.385. The van der Waals surface area contributed by atoms with Crippen LogP contribution in [0.1, 0.15) is 29.3 Å². The number of carbonyl (C=O) groups excluding carboxylic acids is 2. The summed E-state index contributed by atoms with van der Waals surface area (Å²) in [5, 5.41) is 2.65. The van der Waals surface area contributed by atoms with Crippen molar-refractivity contribution in [3.8, 4) is 0 Å². The number of benzene rings is 1. The van der Waals surface area contributed by atoms with Gasteiger partial charge in [-0.05, 0) is 37.6 Å². The Morgan fingerprint density at radius 3 is 2.67 bits per heavy atom. The molecule has 0 aliphatic rings. The molecule has 0 bridgehead atoms. The van der Waals surface area contributed by atoms with E-state index in [1.54, 1.807) is 25.1 Å². The molecule has 0 atom stereocenters. The summed E-state index contributed by atoms with van der Waals surface area (Å²) in [5.74, 6) is -0.559. The van der Waals surface area contributed by atoms with Crippen LogP contribution in [0.3, 0.4) is 0 Å². The van der Waals surface area contributed by atoms with E-state index < -0.39 is 0 Å². The van der Waals surface area contributed by atoms with Gasteiger partial charge in [-0.1, -0.05) is 0 Å². The summed E-state index contributed by atoms with van der Waals surface area (Å²) in [5.41, 5.74) is 7.62. The van der Waals surface area contributed by atoms with Gasteiger partial charge in [-0.15, -0.1) is 0 Å². The third-order valence-corrected chi connectivity index (χ3v) is 2.28. The minimum Gasteiger partial charge on any atom is -0.466 e. The van der Waals surface area contributed by atoms with Gasteiger partial charge in [-0.25, -0.2) is 0 Å². The van der Waals surface area contributed by atoms with Crippen LogP contribution < -0.4 is 11.1 Å². The third kappa shape index (κ3) is 4.45. The van der Waals surface area contributed by atoms with Crippen molar-refractivity contribution in [1.29, 1.82) is 0 Å². The number of carbonyl (C=O) groups is 2. The average molecular weight is 250 g/mol. The molecular formula is C13H18N2O3. The summed E-state index contributed by atoms with van der Waals surface area (Å²) in [6.07, 6.45) is 0.168. The fourth-order valence-electron chi connectivity index (χ4n) is 1.56. The lowest BCUT2D eigenvalue weighted by atomic mass is 10.1. The molecule has 98 valence electrons. The van der Waals surface area contributed by atoms with Gasteiger partial charge in [-0.2, -0.15) is 0 Å². The van der Waals surface area contributed by atoms with Crippen LogP contribution in [0.5, 0.6) is 0 Å². The maximum Gasteiger partial charge on any atom is 0.307 e. The number of anilines is 1. The molecule has 0 saturated heterocycles. The van der Waals surface area contributed by atoms with Gasteiger partial charge in [0.25, 0.3) is 5.91 Å². The highest BCUT2D eigenvalue weighted by atomic mass is 16.5. The molecular weight excluding hydrogens is 232 g/mol. The second-order valence-electron chi connectivity index (χ2n) is 3.94. The van der Waals surface area contributed by atoms with E-state index in [0.717, 1.165) is 5.56 Å². The maximum atomic E-state index is 11.8. The van der Waals surface area contributed by atoms with E-state index in [2.05, 4.69) is 5.32 Å². The number of hydrogen-bond acceptors (Lipinski definition) is 4. The lowest BCUT2D eigenvalue weighted by molar-refractivity contribution is -0.142. The number of hydrogen-bond donors (Lipinski definition) is 2. The minimum absolute atomic E-state index is 0.168. The molecule has 0 aromatic heterocycles. The Kier molecular flexibility index (Phi) is 5.17. The lowest BCUT2D eigenvalue weighted by Gasteiger charge is -2.06. The van der Waals surface area contributed by atoms with Crippen LogP contribution in [-0.2, 0) is 9.53 Å². The highest BCUT2D eigenvalue weighted by Gasteiger charge is 2.08. The maximum absolute atomic E-state index is 11.8. The standard InChI is InChI=1S/C13H18N2O3/c1-3-18-12(16)4-5-15-13(17)10-6-9(2)7-11(14)8-10/h6-8H,3-5,14H2,1-2H3,(H,15,17). The van der Waals surface area contributed by atoms with Crippen LogP contribution >= 0.6 is 0 Å². The molecule has 0 unspecified atom stereocenters. The van der Waals surface area contributed by atoms with Crippen LogP contribution in [0.25, 0.3) is 0 Å². The monoisotopic (exact) mass is 250 g/mol. The van der Waals surface area contributed by atoms with Crippen LogP contribution in [0.4, 0.5) is 5.69 Å². The molecule has 0 heterocycles. The van der Waals surface area contributed by atoms with E-state index in [-0.39, 0.29) is 24.8 Å². The van der Waals surface area contributed by atoms with E-state index in [1.165, 1.54) is 0 Å². The molecule has 0 saturated carbocycles. The van der Waals surface area contributed by atoms with Gasteiger partial charge in [0.1, 0.15) is 0 Å². The van der Waals surface area contributed by atoms with Gasteiger partial charge >= 0.3 is 5.97 Å². The number of rotatable bonds is 5. The second kappa shape index (κ2) is 6.64. The average Bonchev–Trinajstić information content (AvgIpc) is 2.27. The summed E-state index contributed by atoms with van der Waals surface area (Å²) in [6, 6.07) is 5.14. The second-order valence-corrected chi connectivity index (χ2v) is 3.94. The number of ether oxygens (including phenoxy) is 1. The molecule has 1 aromatic carbocycles. The van der Waals surface area contributed by atoms with Gasteiger partial charge in [0.2, 0.25) is 0 Å². The number of nitrogens with one attached hydrogen (secondary N) is 1. The molecule has 0 aliphatic carbocycles. The highest BCUT2D eigenvalue weighted by molar-refractivity contribution is 5.95. The number of nitrogens with two attached hydrogens (primary N) is 1. The van der Waals surface area contributed by atoms with Crippen molar-refractivity contribution in [2.45, 2.75) is 20.3 Å². The first-order valence-corrected chi connectivity index (χ1v) is 5.84. The molecule has 0 fully saturated rings. The van der Waals surface area contributed by atoms with Gasteiger partial charge in [-0.3, -0.25) is 9.59 Å². The van der Waals surface area contributed by atoms with Crippen LogP contribution in [0, 0.1) is 6.92 Å². The number of aryl methyl sites for hydroxylation is 1. The molecule has 0 aliphatic heterocycles. The smallest absolute Gasteiger partial charge is 0.307 e. The third-order valence-electron chi connectivity index (χ3n) is 2.28. The largest absolute Gasteiger partial charge is 0.466 e. The number of nitrogen functional groups attached to an aromatic ring is 1. The normalized spacial score (nSPS) is 9.89. The van der Waals surface area contributed by atoms with E-state index in [1.807, 2.05) is 6.92 Å². The summed E-state index contributed by atoms with van der Waals surface area (Å²) < 4.78 is 4.76. The zero-order chi connectivity index (χ0) is 13.5. The van der Waals surface area contributed by atoms with E-state index in [4.69, 9.17) is 10.5 Å². The minimum atomic E-state index is -0.318. The Balaban J connectivity index is 2.48. The quantitative estimate of drug-likeness (QED) is 0.609. The van der Waals surface area contributed by atoms with Gasteiger partial charge < -0.3 is 15.8 Å². The molecule has 0 spiro atoms. The van der Waals surface area contributed by atoms with Crippen molar-refractivity contribution in [1.82, 2.24) is 5.32 Å². The van der Waals surface area contributed by atoms with E-state index in [9.17, 15) is 9.59 Å². The molecule has 1 amide bonds. The van der Waals surface area contributed by atoms with Crippen LogP contribution in [0.2, 0.25) is 0 Å². The molecule has 5 nitrogen and oxygen atoms in total. The topological polar surface area (TPSA) is 81.4 Å². The Morgan fingerprint density at radius 2 is 2.06 bits per heavy atom. The molecule has 0 radical (unpaired) electrons. The van der Waals surface area contributed by atoms with Crippen LogP contribution in [0.15, 0.2) is 18.2 Å². The molecule has 3 N–H and O–H groups in total. The molecule has 5 heteroatoms. The predicted octanol–water partition coefficient (Wildman–Crippen LogP) is 1.26. The predicted molar refractivity (Wildman–Crippen MR) is 69.2 cm³/mol. The van der Waals surface area contributed by atoms with Crippen molar-refractivity contribution in [2.75, 3.05) is 18.9 Å². The summed E-state index contributed by atoms with van der Waals surface area (Å²) in [6.45, 7) is 4.21. The zero-order valence-electron chi connectivity index (χ0n) is 10.7. The SMILES string of the molecule is CCOC(=O)CCNC(=O)c1cc(C)cc(N)c1. The first-order valence-electron chi connectivity index (χ1n) is 5.84. The van der Waals surface area contributed by atoms with Crippen molar-refractivity contribution in [3.63, 3.8) is 0 Å². The summed E-state index contributed by atoms with van der Waals surface area (Å²) >= 11 is 0. The van der Waals surface area contributed by atoms with Gasteiger partial charge in [0.15, 0.2) is 0 Å². The number of esters is 1. The Labute approximate surface area is 106 Å². The molecule has 1 rings (SSSR count). The number of amides is 1. The Morgan fingerprint density at radius 1 is 1.33 bits per heavy atom. The van der Waals surface area contributed by atoms with E-state index in [0.29, 0.717) is 17.9 Å². The Hall–Kier alpha value is -2.04. The lowest BCUT2D eigenvalue weighted by Crippen LogP contribution is -2.26.